The van der Waals surface area contributed by atoms with Gasteiger partial charge in [-0.15, -0.1) is 24.8 Å². The lowest BCUT2D eigenvalue weighted by Gasteiger charge is -2.36. The first kappa shape index (κ1) is 24.4. The van der Waals surface area contributed by atoms with Gasteiger partial charge in [-0.05, 0) is 43.7 Å². The number of rotatable bonds is 6. The summed E-state index contributed by atoms with van der Waals surface area (Å²) in [6.07, 6.45) is 3.01. The van der Waals surface area contributed by atoms with Crippen LogP contribution in [0.15, 0.2) is 36.5 Å². The van der Waals surface area contributed by atoms with Crippen LogP contribution < -0.4 is 19.7 Å². The molecule has 1 fully saturated rings. The largest absolute Gasteiger partial charge is 0.493 e. The number of nitrogens with zero attached hydrogens (tertiary/aromatic N) is 3. The Morgan fingerprint density at radius 3 is 2.37 bits per heavy atom. The van der Waals surface area contributed by atoms with Crippen molar-refractivity contribution >= 4 is 36.3 Å². The van der Waals surface area contributed by atoms with Gasteiger partial charge in [0.05, 0.1) is 14.2 Å². The summed E-state index contributed by atoms with van der Waals surface area (Å²) in [5.74, 6) is 3.17. The second-order valence-electron chi connectivity index (χ2n) is 7.64. The van der Waals surface area contributed by atoms with Crippen LogP contribution in [-0.2, 0) is 0 Å². The maximum absolute atomic E-state index is 5.52. The van der Waals surface area contributed by atoms with E-state index in [2.05, 4.69) is 51.3 Å². The summed E-state index contributed by atoms with van der Waals surface area (Å²) in [6, 6.07) is 10.8. The first-order valence-corrected chi connectivity index (χ1v) is 10.1. The second-order valence-corrected chi connectivity index (χ2v) is 7.64. The van der Waals surface area contributed by atoms with Gasteiger partial charge in [0.15, 0.2) is 11.5 Å². The average molecular weight is 455 g/mol. The van der Waals surface area contributed by atoms with E-state index in [1.165, 1.54) is 11.3 Å². The van der Waals surface area contributed by atoms with Gasteiger partial charge in [0.1, 0.15) is 5.82 Å². The molecule has 2 unspecified atom stereocenters. The zero-order valence-corrected chi connectivity index (χ0v) is 19.5. The van der Waals surface area contributed by atoms with Crippen LogP contribution in [0.1, 0.15) is 24.8 Å². The van der Waals surface area contributed by atoms with Crippen molar-refractivity contribution in [2.24, 2.45) is 0 Å². The van der Waals surface area contributed by atoms with E-state index in [1.807, 2.05) is 12.3 Å². The molecule has 1 N–H and O–H groups in total. The predicted molar refractivity (Wildman–Crippen MR) is 127 cm³/mol. The van der Waals surface area contributed by atoms with Crippen LogP contribution in [0.4, 0.5) is 11.5 Å². The van der Waals surface area contributed by atoms with Gasteiger partial charge in [0.25, 0.3) is 0 Å². The number of anilines is 2. The lowest BCUT2D eigenvalue weighted by molar-refractivity contribution is 0.246. The van der Waals surface area contributed by atoms with Crippen molar-refractivity contribution in [1.82, 2.24) is 9.88 Å². The highest BCUT2D eigenvalue weighted by molar-refractivity contribution is 5.85. The molecule has 0 spiro atoms. The SMILES string of the molecule is COc1cc2c(cc1OC)C(CCN1CCN(c3ccccn3)CC1)C(C)N2.Cl.Cl. The molecule has 1 aromatic heterocycles. The number of benzene rings is 1. The van der Waals surface area contributed by atoms with Gasteiger partial charge < -0.3 is 19.7 Å². The lowest BCUT2D eigenvalue weighted by atomic mass is 9.92. The Hall–Kier alpha value is -1.89. The summed E-state index contributed by atoms with van der Waals surface area (Å²) < 4.78 is 11.0. The molecular formula is C22H32Cl2N4O2. The van der Waals surface area contributed by atoms with Crippen molar-refractivity contribution < 1.29 is 9.47 Å². The van der Waals surface area contributed by atoms with Crippen LogP contribution >= 0.6 is 24.8 Å². The monoisotopic (exact) mass is 454 g/mol. The molecule has 0 aliphatic carbocycles. The lowest BCUT2D eigenvalue weighted by Crippen LogP contribution is -2.47. The number of halogens is 2. The maximum atomic E-state index is 5.52. The Bertz CT molecular complexity index is 801. The average Bonchev–Trinajstić information content (AvgIpc) is 3.06. The van der Waals surface area contributed by atoms with E-state index in [0.29, 0.717) is 12.0 Å². The molecule has 1 saturated heterocycles. The highest BCUT2D eigenvalue weighted by Gasteiger charge is 2.31. The predicted octanol–water partition coefficient (Wildman–Crippen LogP) is 4.05. The normalized spacial score (nSPS) is 20.4. The molecule has 0 amide bonds. The minimum atomic E-state index is 0. The van der Waals surface area contributed by atoms with Gasteiger partial charge in [-0.2, -0.15) is 0 Å². The molecule has 3 heterocycles. The topological polar surface area (TPSA) is 49.9 Å². The number of aromatic nitrogens is 1. The van der Waals surface area contributed by atoms with E-state index in [0.717, 1.165) is 56.5 Å². The highest BCUT2D eigenvalue weighted by Crippen LogP contribution is 2.44. The van der Waals surface area contributed by atoms with E-state index in [4.69, 9.17) is 9.47 Å². The molecule has 0 saturated carbocycles. The van der Waals surface area contributed by atoms with E-state index in [-0.39, 0.29) is 24.8 Å². The molecule has 30 heavy (non-hydrogen) atoms. The second kappa shape index (κ2) is 10.9. The van der Waals surface area contributed by atoms with Gasteiger partial charge in [-0.25, -0.2) is 4.98 Å². The standard InChI is InChI=1S/C22H30N4O2.2ClH/c1-16-17(18-14-20(27-2)21(28-3)15-19(18)24-16)7-9-25-10-12-26(13-11-25)22-6-4-5-8-23-22;;/h4-6,8,14-17,24H,7,9-13H2,1-3H3;2*1H. The number of methoxy groups -OCH3 is 2. The van der Waals surface area contributed by atoms with Gasteiger partial charge in [-0.3, -0.25) is 4.90 Å². The van der Waals surface area contributed by atoms with Crippen molar-refractivity contribution in [2.75, 3.05) is 57.2 Å². The van der Waals surface area contributed by atoms with Gasteiger partial charge in [0, 0.05) is 56.1 Å². The Kier molecular flexibility index (Phi) is 8.89. The Morgan fingerprint density at radius 2 is 1.73 bits per heavy atom. The molecule has 4 rings (SSSR count). The Balaban J connectivity index is 0.00000160. The number of fused-ring (bicyclic) bond motifs is 1. The molecule has 1 aromatic carbocycles. The molecule has 0 bridgehead atoms. The number of hydrogen-bond donors (Lipinski definition) is 1. The quantitative estimate of drug-likeness (QED) is 0.710. The maximum Gasteiger partial charge on any atom is 0.162 e. The fourth-order valence-electron chi connectivity index (χ4n) is 4.41. The number of piperazine rings is 1. The third kappa shape index (κ3) is 5.05. The minimum Gasteiger partial charge on any atom is -0.493 e. The van der Waals surface area contributed by atoms with Crippen molar-refractivity contribution in [2.45, 2.75) is 25.3 Å². The molecule has 8 heteroatoms. The molecule has 0 radical (unpaired) electrons. The fraction of sp³-hybridized carbons (Fsp3) is 0.500. The summed E-state index contributed by atoms with van der Waals surface area (Å²) >= 11 is 0. The zero-order chi connectivity index (χ0) is 19.5. The molecule has 2 aliphatic rings. The van der Waals surface area contributed by atoms with Crippen LogP contribution in [0.25, 0.3) is 0 Å². The first-order valence-electron chi connectivity index (χ1n) is 10.1. The van der Waals surface area contributed by atoms with Crippen LogP contribution in [0, 0.1) is 0 Å². The van der Waals surface area contributed by atoms with Crippen molar-refractivity contribution in [3.05, 3.63) is 42.1 Å². The molecule has 2 aromatic rings. The Labute approximate surface area is 191 Å². The molecule has 166 valence electrons. The summed E-state index contributed by atoms with van der Waals surface area (Å²) in [6.45, 7) is 7.63. The van der Waals surface area contributed by atoms with Crippen LogP contribution in [-0.4, -0.2) is 62.9 Å². The summed E-state index contributed by atoms with van der Waals surface area (Å²) in [4.78, 5) is 9.43. The van der Waals surface area contributed by atoms with Gasteiger partial charge in [0.2, 0.25) is 0 Å². The van der Waals surface area contributed by atoms with Gasteiger partial charge in [-0.1, -0.05) is 6.07 Å². The fourth-order valence-corrected chi connectivity index (χ4v) is 4.41. The third-order valence-electron chi connectivity index (χ3n) is 6.04. The van der Waals surface area contributed by atoms with Crippen molar-refractivity contribution in [3.8, 4) is 11.5 Å². The van der Waals surface area contributed by atoms with Crippen LogP contribution in [0.2, 0.25) is 0 Å². The molecule has 2 aliphatic heterocycles. The van der Waals surface area contributed by atoms with E-state index in [1.54, 1.807) is 14.2 Å². The van der Waals surface area contributed by atoms with Gasteiger partial charge >= 0.3 is 0 Å². The summed E-state index contributed by atoms with van der Waals surface area (Å²) in [5.41, 5.74) is 2.52. The van der Waals surface area contributed by atoms with Crippen molar-refractivity contribution in [1.29, 1.82) is 0 Å². The summed E-state index contributed by atoms with van der Waals surface area (Å²) in [7, 11) is 3.39. The first-order chi connectivity index (χ1) is 13.7. The van der Waals surface area contributed by atoms with Crippen LogP contribution in [0.5, 0.6) is 11.5 Å². The molecule has 6 nitrogen and oxygen atoms in total. The van der Waals surface area contributed by atoms with E-state index < -0.39 is 0 Å². The molecule has 2 atom stereocenters. The smallest absolute Gasteiger partial charge is 0.162 e. The van der Waals surface area contributed by atoms with E-state index in [9.17, 15) is 0 Å². The number of pyridine rings is 1. The van der Waals surface area contributed by atoms with Crippen molar-refractivity contribution in [3.63, 3.8) is 0 Å². The zero-order valence-electron chi connectivity index (χ0n) is 17.8. The van der Waals surface area contributed by atoms with E-state index >= 15 is 0 Å². The Morgan fingerprint density at radius 1 is 1.03 bits per heavy atom. The van der Waals surface area contributed by atoms with Crippen LogP contribution in [0.3, 0.4) is 0 Å². The number of ether oxygens (including phenoxy) is 2. The summed E-state index contributed by atoms with van der Waals surface area (Å²) in [5, 5.41) is 3.62. The minimum absolute atomic E-state index is 0. The number of nitrogens with one attached hydrogen (secondary N) is 1. The highest BCUT2D eigenvalue weighted by atomic mass is 35.5. The molecular weight excluding hydrogens is 423 g/mol. The number of hydrogen-bond acceptors (Lipinski definition) is 6. The third-order valence-corrected chi connectivity index (χ3v) is 6.04.